The van der Waals surface area contributed by atoms with Crippen molar-refractivity contribution < 1.29 is 52.4 Å². The molecular weight excluding hydrogens is 295 g/mol. The normalized spacial score (nSPS) is 9.55. The Morgan fingerprint density at radius 1 is 0.700 bits per heavy atom. The first-order valence-corrected chi connectivity index (χ1v) is 4.39. The minimum atomic E-state index is -2.38. The molecule has 0 saturated carbocycles. The van der Waals surface area contributed by atoms with Crippen molar-refractivity contribution in [1.29, 1.82) is 0 Å². The van der Waals surface area contributed by atoms with Crippen molar-refractivity contribution in [2.24, 2.45) is 0 Å². The molecule has 0 aliphatic rings. The molecule has 0 aliphatic heterocycles. The van der Waals surface area contributed by atoms with Gasteiger partial charge in [0.2, 0.25) is 0 Å². The fourth-order valence-electron chi connectivity index (χ4n) is 1.03. The number of hydrogen-bond donors (Lipinski definition) is 5. The number of rotatable bonds is 2. The summed E-state index contributed by atoms with van der Waals surface area (Å²) in [7, 11) is -2.17. The van der Waals surface area contributed by atoms with Crippen molar-refractivity contribution in [3.8, 4) is 0 Å². The van der Waals surface area contributed by atoms with Gasteiger partial charge in [0, 0.05) is 0 Å². The van der Waals surface area contributed by atoms with Gasteiger partial charge in [-0.25, -0.2) is 27.2 Å². The molecule has 0 heterocycles. The van der Waals surface area contributed by atoms with Crippen LogP contribution in [0, 0.1) is 23.3 Å². The molecule has 7 nitrogen and oxygen atoms in total. The lowest BCUT2D eigenvalue weighted by molar-refractivity contribution is 0.0639. The third kappa shape index (κ3) is 3.91. The number of halogens is 4. The van der Waals surface area contributed by atoms with E-state index in [0.29, 0.717) is 0 Å². The molecule has 0 saturated heterocycles. The quantitative estimate of drug-likeness (QED) is 0.217. The zero-order valence-corrected chi connectivity index (χ0v) is 9.14. The second-order valence-corrected chi connectivity index (χ2v) is 2.96. The van der Waals surface area contributed by atoms with E-state index in [-0.39, 0.29) is 0 Å². The summed E-state index contributed by atoms with van der Waals surface area (Å²) >= 11 is 0. The smallest absolute Gasteiger partial charge is 0.478 e. The van der Waals surface area contributed by atoms with Crippen LogP contribution in [0.1, 0.15) is 20.7 Å². The van der Waals surface area contributed by atoms with E-state index in [2.05, 4.69) is 0 Å². The van der Waals surface area contributed by atoms with E-state index in [9.17, 15) is 27.2 Å². The van der Waals surface area contributed by atoms with E-state index in [1.54, 1.807) is 0 Å². The molecule has 5 N–H and O–H groups in total. The van der Waals surface area contributed by atoms with E-state index < -0.39 is 53.7 Å². The van der Waals surface area contributed by atoms with Gasteiger partial charge in [-0.2, -0.15) is 0 Å². The van der Waals surface area contributed by atoms with Gasteiger partial charge in [0.1, 0.15) is 11.1 Å². The average Bonchev–Trinajstić information content (AvgIpc) is 2.29. The number of carbonyl (C=O) groups is 2. The van der Waals surface area contributed by atoms with Gasteiger partial charge in [0.05, 0.1) is 0 Å². The zero-order chi connectivity index (χ0) is 16.2. The van der Waals surface area contributed by atoms with Gasteiger partial charge >= 0.3 is 19.3 Å². The van der Waals surface area contributed by atoms with Crippen LogP contribution >= 0.6 is 0 Å². The van der Waals surface area contributed by atoms with Gasteiger partial charge < -0.3 is 25.3 Å². The van der Waals surface area contributed by atoms with Gasteiger partial charge in [-0.15, -0.1) is 0 Å². The van der Waals surface area contributed by atoms with Crippen LogP contribution in [0.4, 0.5) is 17.6 Å². The van der Waals surface area contributed by atoms with E-state index in [1.807, 2.05) is 0 Å². The van der Waals surface area contributed by atoms with Crippen molar-refractivity contribution >= 4 is 19.3 Å². The summed E-state index contributed by atoms with van der Waals surface area (Å²) in [4.78, 5) is 20.8. The van der Waals surface area contributed by atoms with Gasteiger partial charge in [-0.3, -0.25) is 0 Å². The molecule has 1 aromatic rings. The summed E-state index contributed by atoms with van der Waals surface area (Å²) in [6.07, 6.45) is 0. The van der Waals surface area contributed by atoms with Crippen LogP contribution in [0.5, 0.6) is 0 Å². The Balaban J connectivity index is 0.000000796. The van der Waals surface area contributed by atoms with Crippen LogP contribution in [0.25, 0.3) is 0 Å². The highest BCUT2D eigenvalue weighted by Crippen LogP contribution is 2.24. The predicted molar refractivity (Wildman–Crippen MR) is 52.6 cm³/mol. The molecule has 0 radical (unpaired) electrons. The molecule has 12 heteroatoms. The standard InChI is InChI=1S/C8H2F4O4.BH3O3/c9-3-1(7(13)14)2(8(15)16)4(10)6(12)5(3)11;2-1(3)4/h(H,13,14)(H,15,16);2-4H. The molecule has 0 unspecified atom stereocenters. The highest BCUT2D eigenvalue weighted by molar-refractivity contribution is 6.30. The van der Waals surface area contributed by atoms with Crippen molar-refractivity contribution in [2.75, 3.05) is 0 Å². The largest absolute Gasteiger partial charge is 0.631 e. The van der Waals surface area contributed by atoms with Crippen molar-refractivity contribution in [1.82, 2.24) is 0 Å². The summed E-state index contributed by atoms with van der Waals surface area (Å²) in [5, 5.41) is 38.3. The Hall–Kier alpha value is -2.18. The Morgan fingerprint density at radius 3 is 1.05 bits per heavy atom. The van der Waals surface area contributed by atoms with Crippen LogP contribution < -0.4 is 0 Å². The van der Waals surface area contributed by atoms with Gasteiger partial charge in [-0.05, 0) is 0 Å². The summed E-state index contributed by atoms with van der Waals surface area (Å²) < 4.78 is 51.0. The number of carboxylic acids is 2. The van der Waals surface area contributed by atoms with Gasteiger partial charge in [0.15, 0.2) is 23.3 Å². The highest BCUT2D eigenvalue weighted by Gasteiger charge is 2.32. The maximum Gasteiger partial charge on any atom is 0.631 e. The molecule has 0 fully saturated rings. The molecule has 0 spiro atoms. The Bertz CT molecular complexity index is 501. The second-order valence-electron chi connectivity index (χ2n) is 2.96. The maximum absolute atomic E-state index is 12.9. The van der Waals surface area contributed by atoms with Gasteiger partial charge in [-0.1, -0.05) is 0 Å². The van der Waals surface area contributed by atoms with Crippen LogP contribution in [0.3, 0.4) is 0 Å². The molecule has 20 heavy (non-hydrogen) atoms. The molecule has 110 valence electrons. The minimum Gasteiger partial charge on any atom is -0.478 e. The zero-order valence-electron chi connectivity index (χ0n) is 9.14. The third-order valence-electron chi connectivity index (χ3n) is 1.69. The Morgan fingerprint density at radius 2 is 0.900 bits per heavy atom. The first-order chi connectivity index (χ1) is 9.02. The fourth-order valence-corrected chi connectivity index (χ4v) is 1.03. The lowest BCUT2D eigenvalue weighted by Gasteiger charge is -2.06. The number of aromatic carboxylic acids is 2. The molecule has 0 atom stereocenters. The van der Waals surface area contributed by atoms with E-state index in [0.717, 1.165) is 0 Å². The number of hydrogen-bond acceptors (Lipinski definition) is 5. The molecule has 0 amide bonds. The Labute approximate surface area is 107 Å². The van der Waals surface area contributed by atoms with E-state index in [4.69, 9.17) is 25.3 Å². The lowest BCUT2D eigenvalue weighted by Crippen LogP contribution is -2.17. The van der Waals surface area contributed by atoms with Crippen LogP contribution in [0.15, 0.2) is 0 Å². The Kier molecular flexibility index (Phi) is 6.09. The topological polar surface area (TPSA) is 135 Å². The van der Waals surface area contributed by atoms with Crippen molar-refractivity contribution in [3.63, 3.8) is 0 Å². The number of benzene rings is 1. The molecule has 1 rings (SSSR count). The third-order valence-corrected chi connectivity index (χ3v) is 1.69. The van der Waals surface area contributed by atoms with Crippen molar-refractivity contribution in [2.45, 2.75) is 0 Å². The lowest BCUT2D eigenvalue weighted by atomic mass is 10.1. The summed E-state index contributed by atoms with van der Waals surface area (Å²) in [5.41, 5.74) is -3.52. The summed E-state index contributed by atoms with van der Waals surface area (Å²) in [6.45, 7) is 0. The van der Waals surface area contributed by atoms with Gasteiger partial charge in [0.25, 0.3) is 0 Å². The van der Waals surface area contributed by atoms with Crippen LogP contribution in [-0.4, -0.2) is 44.5 Å². The van der Waals surface area contributed by atoms with Crippen LogP contribution in [0.2, 0.25) is 0 Å². The monoisotopic (exact) mass is 300 g/mol. The first-order valence-electron chi connectivity index (χ1n) is 4.39. The molecule has 0 aromatic heterocycles. The maximum atomic E-state index is 12.9. The molecule has 1 aromatic carbocycles. The second kappa shape index (κ2) is 6.84. The summed E-state index contributed by atoms with van der Waals surface area (Å²) in [5.74, 6) is -13.7. The molecule has 0 aliphatic carbocycles. The van der Waals surface area contributed by atoms with Crippen molar-refractivity contribution in [3.05, 3.63) is 34.4 Å². The predicted octanol–water partition coefficient (Wildman–Crippen LogP) is -0.412. The SMILES string of the molecule is O=C(O)c1c(F)c(F)c(F)c(F)c1C(=O)O.OB(O)O. The molecular formula is C8H5BF4O7. The van der Waals surface area contributed by atoms with E-state index >= 15 is 0 Å². The first kappa shape index (κ1) is 17.8. The fraction of sp³-hybridized carbons (Fsp3) is 0. The minimum absolute atomic E-state index is 1.76. The highest BCUT2D eigenvalue weighted by atomic mass is 19.2. The number of carboxylic acid groups (broad SMARTS) is 2. The average molecular weight is 300 g/mol. The molecule has 0 bridgehead atoms. The van der Waals surface area contributed by atoms with E-state index in [1.165, 1.54) is 0 Å². The van der Waals surface area contributed by atoms with Crippen LogP contribution in [-0.2, 0) is 0 Å². The summed E-state index contributed by atoms with van der Waals surface area (Å²) in [6, 6.07) is 0.